The van der Waals surface area contributed by atoms with E-state index in [4.69, 9.17) is 1.37 Å². The van der Waals surface area contributed by atoms with Crippen molar-refractivity contribution in [3.63, 3.8) is 0 Å². The van der Waals surface area contributed by atoms with Gasteiger partial charge in [-0.1, -0.05) is 0 Å². The van der Waals surface area contributed by atoms with Crippen molar-refractivity contribution in [2.75, 3.05) is 13.1 Å². The van der Waals surface area contributed by atoms with E-state index in [2.05, 4.69) is 25.7 Å². The van der Waals surface area contributed by atoms with Gasteiger partial charge in [-0.25, -0.2) is 0 Å². The van der Waals surface area contributed by atoms with Gasteiger partial charge in [0.2, 0.25) is 0 Å². The van der Waals surface area contributed by atoms with Gasteiger partial charge in [0.05, 0.1) is 0 Å². The topological polar surface area (TPSA) is 3.24 Å². The Morgan fingerprint density at radius 3 is 2.22 bits per heavy atom. The third-order valence-electron chi connectivity index (χ3n) is 1.81. The summed E-state index contributed by atoms with van der Waals surface area (Å²) in [4.78, 5) is 2.26. The zero-order valence-electron chi connectivity index (χ0n) is 7.65. The van der Waals surface area contributed by atoms with Crippen LogP contribution in [0.15, 0.2) is 0 Å². The third kappa shape index (κ3) is 1.68. The summed E-state index contributed by atoms with van der Waals surface area (Å²) in [6, 6.07) is 0. The molecule has 0 N–H and O–H groups in total. The van der Waals surface area contributed by atoms with Crippen LogP contribution in [0.5, 0.6) is 0 Å². The van der Waals surface area contributed by atoms with Crippen LogP contribution in [-0.2, 0) is 0 Å². The molecule has 0 aromatic rings. The van der Waals surface area contributed by atoms with Crippen LogP contribution in [0.3, 0.4) is 0 Å². The smallest absolute Gasteiger partial charge is 0.0431 e. The molecule has 1 atom stereocenters. The summed E-state index contributed by atoms with van der Waals surface area (Å²) in [7, 11) is 0. The fourth-order valence-electron chi connectivity index (χ4n) is 1.21. The summed E-state index contributed by atoms with van der Waals surface area (Å²) >= 11 is 0. The molecule has 0 aliphatic carbocycles. The van der Waals surface area contributed by atoms with E-state index in [1.165, 1.54) is 6.42 Å². The van der Waals surface area contributed by atoms with Gasteiger partial charge >= 0.3 is 0 Å². The second-order valence-electron chi connectivity index (χ2n) is 3.69. The molecule has 1 rings (SSSR count). The fourth-order valence-corrected chi connectivity index (χ4v) is 1.21. The minimum Gasteiger partial charge on any atom is -0.298 e. The maximum absolute atomic E-state index is 7.67. The predicted octanol–water partition coefficient (Wildman–Crippen LogP) is 1.88. The van der Waals surface area contributed by atoms with Gasteiger partial charge < -0.3 is 0 Å². The minimum absolute atomic E-state index is 0.0556. The number of hydrogen-bond donors (Lipinski definition) is 0. The summed E-state index contributed by atoms with van der Waals surface area (Å²) in [5, 5.41) is 0. The van der Waals surface area contributed by atoms with Crippen LogP contribution in [-0.4, -0.2) is 23.5 Å². The second kappa shape index (κ2) is 2.30. The van der Waals surface area contributed by atoms with Crippen molar-refractivity contribution in [2.24, 2.45) is 0 Å². The van der Waals surface area contributed by atoms with Gasteiger partial charge in [-0.2, -0.15) is 0 Å². The molecule has 9 heavy (non-hydrogen) atoms. The van der Waals surface area contributed by atoms with E-state index in [0.717, 1.165) is 13.0 Å². The first-order chi connectivity index (χ1) is 4.52. The Bertz CT molecular complexity index is 117. The van der Waals surface area contributed by atoms with Crippen molar-refractivity contribution >= 4 is 0 Å². The molecule has 0 radical (unpaired) electrons. The standard InChI is InChI=1S/C8H17N/c1-8(2,3)9-6-4-5-7-9/h4-7H2,1-3H3/i6D. The molecular weight excluding hydrogens is 110 g/mol. The number of hydrogen-bond acceptors (Lipinski definition) is 1. The fraction of sp³-hybridized carbons (Fsp3) is 1.00. The third-order valence-corrected chi connectivity index (χ3v) is 1.81. The largest absolute Gasteiger partial charge is 0.298 e. The summed E-state index contributed by atoms with van der Waals surface area (Å²) in [5.41, 5.74) is 0.197. The Balaban J connectivity index is 2.55. The minimum atomic E-state index is 0.0556. The highest BCUT2D eigenvalue weighted by atomic mass is 15.2. The molecule has 1 fully saturated rings. The Morgan fingerprint density at radius 2 is 2.00 bits per heavy atom. The SMILES string of the molecule is [2H]C1CCCN1C(C)(C)C. The van der Waals surface area contributed by atoms with E-state index in [9.17, 15) is 0 Å². The van der Waals surface area contributed by atoms with Crippen molar-refractivity contribution in [3.05, 3.63) is 0 Å². The average molecular weight is 128 g/mol. The van der Waals surface area contributed by atoms with E-state index in [0.29, 0.717) is 0 Å². The Hall–Kier alpha value is -0.0400. The molecule has 1 heterocycles. The molecule has 0 bridgehead atoms. The first kappa shape index (κ1) is 5.72. The first-order valence-corrected chi connectivity index (χ1v) is 3.71. The summed E-state index contributed by atoms with van der Waals surface area (Å²) < 4.78 is 7.67. The Labute approximate surface area is 59.5 Å². The highest BCUT2D eigenvalue weighted by Crippen LogP contribution is 2.19. The summed E-state index contributed by atoms with van der Waals surface area (Å²) in [6.45, 7) is 7.71. The predicted molar refractivity (Wildman–Crippen MR) is 40.6 cm³/mol. The molecule has 0 aromatic heterocycles. The van der Waals surface area contributed by atoms with Crippen LogP contribution in [0.1, 0.15) is 35.0 Å². The molecule has 54 valence electrons. The van der Waals surface area contributed by atoms with Gasteiger partial charge in [0.25, 0.3) is 0 Å². The lowest BCUT2D eigenvalue weighted by Gasteiger charge is -2.31. The maximum atomic E-state index is 7.67. The van der Waals surface area contributed by atoms with Crippen molar-refractivity contribution < 1.29 is 1.37 Å². The molecule has 0 amide bonds. The van der Waals surface area contributed by atoms with Crippen LogP contribution in [0.2, 0.25) is 0 Å². The van der Waals surface area contributed by atoms with E-state index in [1.54, 1.807) is 0 Å². The maximum Gasteiger partial charge on any atom is 0.0431 e. The Morgan fingerprint density at radius 1 is 1.33 bits per heavy atom. The van der Waals surface area contributed by atoms with E-state index in [-0.39, 0.29) is 12.1 Å². The molecule has 1 aliphatic rings. The van der Waals surface area contributed by atoms with Crippen LogP contribution < -0.4 is 0 Å². The van der Waals surface area contributed by atoms with Gasteiger partial charge in [0, 0.05) is 6.91 Å². The van der Waals surface area contributed by atoms with Crippen molar-refractivity contribution in [2.45, 2.75) is 39.2 Å². The monoisotopic (exact) mass is 128 g/mol. The summed E-state index contributed by atoms with van der Waals surface area (Å²) in [5.74, 6) is 0. The van der Waals surface area contributed by atoms with Crippen molar-refractivity contribution in [1.82, 2.24) is 4.90 Å². The molecular formula is C8H17N. The molecule has 1 heteroatoms. The number of nitrogens with zero attached hydrogens (tertiary/aromatic N) is 1. The zero-order chi connectivity index (χ0) is 7.78. The van der Waals surface area contributed by atoms with E-state index in [1.807, 2.05) is 0 Å². The summed E-state index contributed by atoms with van der Waals surface area (Å²) in [6.07, 6.45) is 2.25. The first-order valence-electron chi connectivity index (χ1n) is 4.28. The molecule has 0 aromatic carbocycles. The van der Waals surface area contributed by atoms with Crippen molar-refractivity contribution in [3.8, 4) is 0 Å². The lowest BCUT2D eigenvalue weighted by atomic mass is 10.1. The lowest BCUT2D eigenvalue weighted by molar-refractivity contribution is 0.175. The molecule has 0 spiro atoms. The van der Waals surface area contributed by atoms with Crippen molar-refractivity contribution in [1.29, 1.82) is 0 Å². The lowest BCUT2D eigenvalue weighted by Crippen LogP contribution is -2.38. The normalized spacial score (nSPS) is 32.8. The molecule has 0 saturated carbocycles. The van der Waals surface area contributed by atoms with Crippen LogP contribution in [0, 0.1) is 0 Å². The van der Waals surface area contributed by atoms with Gasteiger partial charge in [0.1, 0.15) is 0 Å². The van der Waals surface area contributed by atoms with Gasteiger partial charge in [-0.05, 0) is 46.7 Å². The van der Waals surface area contributed by atoms with E-state index < -0.39 is 0 Å². The number of likely N-dealkylation sites (tertiary alicyclic amines) is 1. The quantitative estimate of drug-likeness (QED) is 0.481. The molecule has 1 saturated heterocycles. The van der Waals surface area contributed by atoms with Crippen LogP contribution in [0.4, 0.5) is 0 Å². The Kier molecular flexibility index (Phi) is 1.46. The van der Waals surface area contributed by atoms with E-state index >= 15 is 0 Å². The highest BCUT2D eigenvalue weighted by Gasteiger charge is 2.23. The van der Waals surface area contributed by atoms with Crippen LogP contribution in [0.25, 0.3) is 0 Å². The average Bonchev–Trinajstić information content (AvgIpc) is 2.11. The van der Waals surface area contributed by atoms with Gasteiger partial charge in [-0.3, -0.25) is 4.90 Å². The highest BCUT2D eigenvalue weighted by molar-refractivity contribution is 4.79. The molecule has 1 nitrogen and oxygen atoms in total. The molecule has 1 aliphatic heterocycles. The van der Waals surface area contributed by atoms with Gasteiger partial charge in [0.15, 0.2) is 0 Å². The second-order valence-corrected chi connectivity index (χ2v) is 3.69. The molecule has 1 unspecified atom stereocenters. The zero-order valence-corrected chi connectivity index (χ0v) is 6.65. The van der Waals surface area contributed by atoms with Crippen LogP contribution >= 0.6 is 0 Å². The number of rotatable bonds is 0. The van der Waals surface area contributed by atoms with Gasteiger partial charge in [-0.15, -0.1) is 0 Å².